The molecule has 5 rings (SSSR count). The van der Waals surface area contributed by atoms with Gasteiger partial charge in [-0.1, -0.05) is 57.3 Å². The van der Waals surface area contributed by atoms with Crippen molar-refractivity contribution in [3.05, 3.63) is 108 Å². The number of rotatable bonds is 6. The van der Waals surface area contributed by atoms with Gasteiger partial charge in [-0.05, 0) is 53.6 Å². The Balaban J connectivity index is 1.14. The number of hydrogen-bond donors (Lipinski definition) is 1. The summed E-state index contributed by atoms with van der Waals surface area (Å²) in [5.74, 6) is -1.32. The van der Waals surface area contributed by atoms with E-state index in [0.29, 0.717) is 41.9 Å². The zero-order valence-electron chi connectivity index (χ0n) is 21.3. The molecule has 1 fully saturated rings. The molecule has 3 heterocycles. The van der Waals surface area contributed by atoms with Gasteiger partial charge in [0.2, 0.25) is 0 Å². The Morgan fingerprint density at radius 1 is 0.875 bits per heavy atom. The fourth-order valence-electron chi connectivity index (χ4n) is 4.45. The van der Waals surface area contributed by atoms with Gasteiger partial charge in [0.05, 0.1) is 22.3 Å². The molecule has 40 heavy (non-hydrogen) atoms. The van der Waals surface area contributed by atoms with Crippen LogP contribution in [-0.4, -0.2) is 52.4 Å². The summed E-state index contributed by atoms with van der Waals surface area (Å²) >= 11 is 17.3. The number of carbonyl (C=O) groups excluding carboxylic acids is 2. The number of aromatic nitrogens is 1. The largest absolute Gasteiger partial charge is 0.332 e. The van der Waals surface area contributed by atoms with Crippen LogP contribution in [0.3, 0.4) is 0 Å². The zero-order chi connectivity index (χ0) is 28.2. The van der Waals surface area contributed by atoms with Crippen LogP contribution in [0.2, 0.25) is 10.0 Å². The van der Waals surface area contributed by atoms with Crippen molar-refractivity contribution in [3.8, 4) is 10.4 Å². The van der Waals surface area contributed by atoms with Gasteiger partial charge in [-0.2, -0.15) is 0 Å². The van der Waals surface area contributed by atoms with Gasteiger partial charge in [0.1, 0.15) is 0 Å². The van der Waals surface area contributed by atoms with E-state index in [9.17, 15) is 14.4 Å². The number of benzene rings is 2. The number of thiophene rings is 1. The summed E-state index contributed by atoms with van der Waals surface area (Å²) in [7, 11) is 0. The lowest BCUT2D eigenvalue weighted by Gasteiger charge is -2.34. The zero-order valence-corrected chi connectivity index (χ0v) is 25.2. The Morgan fingerprint density at radius 3 is 2.35 bits per heavy atom. The van der Waals surface area contributed by atoms with Crippen molar-refractivity contribution in [1.82, 2.24) is 14.4 Å². The van der Waals surface area contributed by atoms with E-state index in [0.717, 1.165) is 16.6 Å². The van der Waals surface area contributed by atoms with E-state index >= 15 is 0 Å². The van der Waals surface area contributed by atoms with Crippen LogP contribution in [0.4, 0.5) is 5.69 Å². The number of hydrogen-bond acceptors (Lipinski definition) is 5. The maximum absolute atomic E-state index is 12.9. The molecule has 0 saturated carbocycles. The molecule has 2 amide bonds. The second-order valence-electron chi connectivity index (χ2n) is 9.43. The fraction of sp³-hybridized carbons (Fsp3) is 0.207. The van der Waals surface area contributed by atoms with Crippen LogP contribution < -0.4 is 10.9 Å². The second kappa shape index (κ2) is 12.7. The summed E-state index contributed by atoms with van der Waals surface area (Å²) in [5, 5.41) is 3.45. The second-order valence-corrected chi connectivity index (χ2v) is 12.3. The van der Waals surface area contributed by atoms with Crippen LogP contribution in [0.5, 0.6) is 0 Å². The molecule has 2 aromatic carbocycles. The Kier molecular flexibility index (Phi) is 9.07. The third kappa shape index (κ3) is 7.03. The first-order valence-corrected chi connectivity index (χ1v) is 14.9. The normalized spacial score (nSPS) is 13.8. The van der Waals surface area contributed by atoms with Crippen LogP contribution in [0.25, 0.3) is 10.4 Å². The number of piperazine rings is 1. The van der Waals surface area contributed by atoms with Crippen molar-refractivity contribution in [3.63, 3.8) is 0 Å². The SMILES string of the molecule is O=C(Nc1ccc(=O)n(Cc2ccc(Cl)c(Cl)c2)c1)C(=O)N1CCN(Cc2ccc(-c3ccc(Br)cc3)s2)CC1. The van der Waals surface area contributed by atoms with Crippen LogP contribution in [0, 0.1) is 0 Å². The first-order chi connectivity index (χ1) is 19.2. The highest BCUT2D eigenvalue weighted by Gasteiger charge is 2.26. The first-order valence-electron chi connectivity index (χ1n) is 12.6. The smallest absolute Gasteiger partial charge is 0.313 e. The Labute approximate surface area is 254 Å². The predicted molar refractivity (Wildman–Crippen MR) is 164 cm³/mol. The van der Waals surface area contributed by atoms with Crippen molar-refractivity contribution < 1.29 is 9.59 Å². The average Bonchev–Trinajstić information content (AvgIpc) is 3.41. The molecule has 0 atom stereocenters. The summed E-state index contributed by atoms with van der Waals surface area (Å²) in [5.41, 5.74) is 2.07. The number of pyridine rings is 1. The Hall–Kier alpha value is -2.95. The van der Waals surface area contributed by atoms with Crippen molar-refractivity contribution >= 4 is 68.0 Å². The average molecular weight is 660 g/mol. The minimum Gasteiger partial charge on any atom is -0.332 e. The van der Waals surface area contributed by atoms with Crippen molar-refractivity contribution in [1.29, 1.82) is 0 Å². The first kappa shape index (κ1) is 28.6. The van der Waals surface area contributed by atoms with Gasteiger partial charge in [-0.25, -0.2) is 0 Å². The molecule has 1 N–H and O–H groups in total. The molecule has 0 radical (unpaired) electrons. The summed E-state index contributed by atoms with van der Waals surface area (Å²) in [6.45, 7) is 3.33. The molecule has 0 bridgehead atoms. The van der Waals surface area contributed by atoms with Gasteiger partial charge < -0.3 is 14.8 Å². The molecule has 206 valence electrons. The molecule has 7 nitrogen and oxygen atoms in total. The molecule has 0 spiro atoms. The lowest BCUT2D eigenvalue weighted by Crippen LogP contribution is -2.51. The van der Waals surface area contributed by atoms with Crippen LogP contribution >= 0.6 is 50.5 Å². The molecule has 11 heteroatoms. The number of halogens is 3. The van der Waals surface area contributed by atoms with Gasteiger partial charge in [0.25, 0.3) is 5.56 Å². The summed E-state index contributed by atoms with van der Waals surface area (Å²) in [6.07, 6.45) is 1.51. The highest BCUT2D eigenvalue weighted by atomic mass is 79.9. The lowest BCUT2D eigenvalue weighted by molar-refractivity contribution is -0.144. The molecule has 0 unspecified atom stereocenters. The number of nitrogens with one attached hydrogen (secondary N) is 1. The Bertz CT molecular complexity index is 1600. The van der Waals surface area contributed by atoms with Crippen molar-refractivity contribution in [2.75, 3.05) is 31.5 Å². The third-order valence-corrected chi connectivity index (χ3v) is 8.99. The summed E-state index contributed by atoms with van der Waals surface area (Å²) in [4.78, 5) is 44.3. The molecule has 4 aromatic rings. The molecular weight excluding hydrogens is 635 g/mol. The van der Waals surface area contributed by atoms with E-state index in [4.69, 9.17) is 23.2 Å². The van der Waals surface area contributed by atoms with Gasteiger partial charge in [-0.3, -0.25) is 19.3 Å². The third-order valence-electron chi connectivity index (χ3n) is 6.60. The van der Waals surface area contributed by atoms with Crippen LogP contribution in [0.1, 0.15) is 10.4 Å². The summed E-state index contributed by atoms with van der Waals surface area (Å²) < 4.78 is 2.49. The fourth-order valence-corrected chi connectivity index (χ4v) is 6.09. The topological polar surface area (TPSA) is 74.6 Å². The molecule has 1 saturated heterocycles. The van der Waals surface area contributed by atoms with Crippen molar-refractivity contribution in [2.45, 2.75) is 13.1 Å². The molecular formula is C29H25BrCl2N4O3S. The quantitative estimate of drug-likeness (QED) is 0.259. The highest BCUT2D eigenvalue weighted by molar-refractivity contribution is 9.10. The minimum atomic E-state index is -0.731. The van der Waals surface area contributed by atoms with Crippen LogP contribution in [-0.2, 0) is 22.7 Å². The highest BCUT2D eigenvalue weighted by Crippen LogP contribution is 2.30. The van der Waals surface area contributed by atoms with Gasteiger partial charge in [0.15, 0.2) is 0 Å². The molecule has 1 aliphatic heterocycles. The van der Waals surface area contributed by atoms with Gasteiger partial charge in [-0.15, -0.1) is 11.3 Å². The van der Waals surface area contributed by atoms with Crippen LogP contribution in [0.15, 0.2) is 82.2 Å². The number of carbonyl (C=O) groups is 2. The molecule has 2 aromatic heterocycles. The van der Waals surface area contributed by atoms with Gasteiger partial charge >= 0.3 is 11.8 Å². The van der Waals surface area contributed by atoms with Gasteiger partial charge in [0, 0.05) is 59.2 Å². The monoisotopic (exact) mass is 658 g/mol. The maximum Gasteiger partial charge on any atom is 0.313 e. The minimum absolute atomic E-state index is 0.240. The van der Waals surface area contributed by atoms with Crippen molar-refractivity contribution in [2.24, 2.45) is 0 Å². The standard InChI is InChI=1S/C29H25BrCl2N4O3S/c30-21-4-2-20(3-5-21)26-9-7-23(40-26)18-34-11-13-35(14-12-34)29(39)28(38)33-22-6-10-27(37)36(17-22)16-19-1-8-24(31)25(32)15-19/h1-10,15,17H,11-14,16,18H2,(H,33,38). The van der Waals surface area contributed by atoms with E-state index in [2.05, 4.69) is 50.4 Å². The molecule has 1 aliphatic rings. The van der Waals surface area contributed by atoms with E-state index in [-0.39, 0.29) is 12.1 Å². The van der Waals surface area contributed by atoms with E-state index in [1.54, 1.807) is 34.4 Å². The van der Waals surface area contributed by atoms with E-state index < -0.39 is 11.8 Å². The lowest BCUT2D eigenvalue weighted by atomic mass is 10.2. The summed E-state index contributed by atoms with van der Waals surface area (Å²) in [6, 6.07) is 20.5. The Morgan fingerprint density at radius 2 is 1.62 bits per heavy atom. The van der Waals surface area contributed by atoms with E-state index in [1.165, 1.54) is 38.2 Å². The van der Waals surface area contributed by atoms with E-state index in [1.807, 2.05) is 12.1 Å². The number of nitrogens with zero attached hydrogens (tertiary/aromatic N) is 3. The maximum atomic E-state index is 12.9. The predicted octanol–water partition coefficient (Wildman–Crippen LogP) is 5.98. The number of anilines is 1. The number of amides is 2. The molecule has 0 aliphatic carbocycles.